The van der Waals surface area contributed by atoms with E-state index in [2.05, 4.69) is 10.1 Å². The van der Waals surface area contributed by atoms with Crippen LogP contribution in [0.25, 0.3) is 6.08 Å². The topological polar surface area (TPSA) is 55.4 Å². The SMILES string of the molecule is COC(=O)CCNC(=O)/C=C/c1ccc(Cl)c(Cl)c1. The van der Waals surface area contributed by atoms with Crippen LogP contribution < -0.4 is 5.32 Å². The Labute approximate surface area is 121 Å². The Morgan fingerprint density at radius 2 is 2.05 bits per heavy atom. The number of carbonyl (C=O) groups excluding carboxylic acids is 2. The van der Waals surface area contributed by atoms with Crippen molar-refractivity contribution in [2.45, 2.75) is 6.42 Å². The third-order valence-corrected chi connectivity index (χ3v) is 2.97. The number of benzene rings is 1. The molecule has 1 aromatic rings. The molecule has 0 atom stereocenters. The lowest BCUT2D eigenvalue weighted by molar-refractivity contribution is -0.140. The molecule has 4 nitrogen and oxygen atoms in total. The molecule has 6 heteroatoms. The zero-order valence-corrected chi connectivity index (χ0v) is 11.8. The van der Waals surface area contributed by atoms with Gasteiger partial charge in [-0.15, -0.1) is 0 Å². The van der Waals surface area contributed by atoms with Crippen molar-refractivity contribution < 1.29 is 14.3 Å². The van der Waals surface area contributed by atoms with E-state index in [0.29, 0.717) is 10.0 Å². The van der Waals surface area contributed by atoms with E-state index in [1.165, 1.54) is 13.2 Å². The molecule has 0 radical (unpaired) electrons. The Morgan fingerprint density at radius 3 is 2.68 bits per heavy atom. The molecular formula is C13H13Cl2NO3. The van der Waals surface area contributed by atoms with Gasteiger partial charge in [-0.1, -0.05) is 29.3 Å². The fraction of sp³-hybridized carbons (Fsp3) is 0.231. The molecule has 0 aromatic heterocycles. The van der Waals surface area contributed by atoms with E-state index >= 15 is 0 Å². The summed E-state index contributed by atoms with van der Waals surface area (Å²) in [7, 11) is 1.30. The van der Waals surface area contributed by atoms with E-state index < -0.39 is 0 Å². The lowest BCUT2D eigenvalue weighted by atomic mass is 10.2. The quantitative estimate of drug-likeness (QED) is 0.672. The van der Waals surface area contributed by atoms with Crippen molar-refractivity contribution >= 4 is 41.2 Å². The number of hydrogen-bond acceptors (Lipinski definition) is 3. The van der Waals surface area contributed by atoms with Gasteiger partial charge in [0.25, 0.3) is 0 Å². The number of rotatable bonds is 5. The van der Waals surface area contributed by atoms with Crippen molar-refractivity contribution in [2.24, 2.45) is 0 Å². The first kappa shape index (κ1) is 15.5. The Bertz CT molecular complexity index is 501. The molecule has 0 spiro atoms. The summed E-state index contributed by atoms with van der Waals surface area (Å²) >= 11 is 11.6. The Morgan fingerprint density at radius 1 is 1.32 bits per heavy atom. The monoisotopic (exact) mass is 301 g/mol. The van der Waals surface area contributed by atoms with Crippen LogP contribution >= 0.6 is 23.2 Å². The van der Waals surface area contributed by atoms with E-state index in [1.807, 2.05) is 0 Å². The molecule has 1 amide bonds. The van der Waals surface area contributed by atoms with Crippen LogP contribution in [0, 0.1) is 0 Å². The molecule has 0 fully saturated rings. The summed E-state index contributed by atoms with van der Waals surface area (Å²) in [5.74, 6) is -0.663. The van der Waals surface area contributed by atoms with Gasteiger partial charge in [-0.25, -0.2) is 0 Å². The first-order valence-corrected chi connectivity index (χ1v) is 6.26. The van der Waals surface area contributed by atoms with Crippen molar-refractivity contribution in [3.8, 4) is 0 Å². The minimum atomic E-state index is -0.367. The summed E-state index contributed by atoms with van der Waals surface area (Å²) in [6.07, 6.45) is 3.11. The first-order chi connectivity index (χ1) is 9.02. The molecule has 1 N–H and O–H groups in total. The number of nitrogens with one attached hydrogen (secondary N) is 1. The maximum absolute atomic E-state index is 11.4. The average Bonchev–Trinajstić information content (AvgIpc) is 2.40. The van der Waals surface area contributed by atoms with Crippen LogP contribution in [-0.2, 0) is 14.3 Å². The van der Waals surface area contributed by atoms with Crippen LogP contribution in [0.1, 0.15) is 12.0 Å². The molecule has 0 unspecified atom stereocenters. The molecular weight excluding hydrogens is 289 g/mol. The van der Waals surface area contributed by atoms with Crippen molar-refractivity contribution in [1.82, 2.24) is 5.32 Å². The fourth-order valence-corrected chi connectivity index (χ4v) is 1.54. The van der Waals surface area contributed by atoms with Crippen LogP contribution in [0.5, 0.6) is 0 Å². The zero-order valence-electron chi connectivity index (χ0n) is 10.3. The summed E-state index contributed by atoms with van der Waals surface area (Å²) in [5, 5.41) is 3.44. The molecule has 1 aromatic carbocycles. The van der Waals surface area contributed by atoms with Gasteiger partial charge in [-0.05, 0) is 23.8 Å². The van der Waals surface area contributed by atoms with Crippen molar-refractivity contribution in [3.05, 3.63) is 39.9 Å². The molecule has 0 heterocycles. The van der Waals surface area contributed by atoms with Crippen LogP contribution in [0.15, 0.2) is 24.3 Å². The van der Waals surface area contributed by atoms with E-state index in [-0.39, 0.29) is 24.8 Å². The lowest BCUT2D eigenvalue weighted by Crippen LogP contribution is -2.24. The highest BCUT2D eigenvalue weighted by Gasteiger charge is 2.01. The number of ether oxygens (including phenoxy) is 1. The first-order valence-electron chi connectivity index (χ1n) is 5.50. The molecule has 0 saturated carbocycles. The van der Waals surface area contributed by atoms with Gasteiger partial charge in [0.15, 0.2) is 0 Å². The van der Waals surface area contributed by atoms with Gasteiger partial charge in [0.1, 0.15) is 0 Å². The predicted octanol–water partition coefficient (Wildman–Crippen LogP) is 2.69. The summed E-state index contributed by atoms with van der Waals surface area (Å²) in [5.41, 5.74) is 0.762. The maximum Gasteiger partial charge on any atom is 0.307 e. The highest BCUT2D eigenvalue weighted by atomic mass is 35.5. The number of carbonyl (C=O) groups is 2. The minimum Gasteiger partial charge on any atom is -0.469 e. The number of halogens is 2. The van der Waals surface area contributed by atoms with Crippen LogP contribution in [-0.4, -0.2) is 25.5 Å². The number of methoxy groups -OCH3 is 1. The van der Waals surface area contributed by atoms with E-state index in [9.17, 15) is 9.59 Å². The molecule has 0 bridgehead atoms. The van der Waals surface area contributed by atoms with Crippen LogP contribution in [0.4, 0.5) is 0 Å². The molecule has 0 aliphatic carbocycles. The molecule has 19 heavy (non-hydrogen) atoms. The van der Waals surface area contributed by atoms with Gasteiger partial charge in [0.05, 0.1) is 23.6 Å². The van der Waals surface area contributed by atoms with Crippen molar-refractivity contribution in [1.29, 1.82) is 0 Å². The van der Waals surface area contributed by atoms with E-state index in [1.54, 1.807) is 24.3 Å². The van der Waals surface area contributed by atoms with E-state index in [0.717, 1.165) is 5.56 Å². The zero-order chi connectivity index (χ0) is 14.3. The second kappa shape index (κ2) is 7.81. The summed E-state index contributed by atoms with van der Waals surface area (Å²) in [6, 6.07) is 5.05. The molecule has 0 saturated heterocycles. The highest BCUT2D eigenvalue weighted by Crippen LogP contribution is 2.22. The number of hydrogen-bond donors (Lipinski definition) is 1. The van der Waals surface area contributed by atoms with Gasteiger partial charge in [-0.3, -0.25) is 9.59 Å². The summed E-state index contributed by atoms with van der Waals surface area (Å²) in [4.78, 5) is 22.3. The lowest BCUT2D eigenvalue weighted by Gasteiger charge is -2.01. The Kier molecular flexibility index (Phi) is 6.39. The summed E-state index contributed by atoms with van der Waals surface area (Å²) in [6.45, 7) is 0.233. The predicted molar refractivity (Wildman–Crippen MR) is 75.1 cm³/mol. The third-order valence-electron chi connectivity index (χ3n) is 2.23. The standard InChI is InChI=1S/C13H13Cl2NO3/c1-19-13(18)6-7-16-12(17)5-3-9-2-4-10(14)11(15)8-9/h2-5,8H,6-7H2,1H3,(H,16,17)/b5-3+. The maximum atomic E-state index is 11.4. The molecule has 1 rings (SSSR count). The molecule has 0 aliphatic heterocycles. The van der Waals surface area contributed by atoms with Crippen LogP contribution in [0.2, 0.25) is 10.0 Å². The normalized spacial score (nSPS) is 10.5. The van der Waals surface area contributed by atoms with Gasteiger partial charge in [-0.2, -0.15) is 0 Å². The molecule has 102 valence electrons. The third kappa shape index (κ3) is 5.77. The van der Waals surface area contributed by atoms with Gasteiger partial charge < -0.3 is 10.1 Å². The van der Waals surface area contributed by atoms with Gasteiger partial charge in [0, 0.05) is 12.6 Å². The summed E-state index contributed by atoms with van der Waals surface area (Å²) < 4.78 is 4.45. The molecule has 0 aliphatic rings. The Balaban J connectivity index is 2.45. The number of esters is 1. The number of amides is 1. The Hall–Kier alpha value is -1.52. The fourth-order valence-electron chi connectivity index (χ4n) is 1.24. The van der Waals surface area contributed by atoms with Gasteiger partial charge in [0.2, 0.25) is 5.91 Å². The highest BCUT2D eigenvalue weighted by molar-refractivity contribution is 6.42. The van der Waals surface area contributed by atoms with Crippen molar-refractivity contribution in [2.75, 3.05) is 13.7 Å². The van der Waals surface area contributed by atoms with E-state index in [4.69, 9.17) is 23.2 Å². The smallest absolute Gasteiger partial charge is 0.307 e. The van der Waals surface area contributed by atoms with Gasteiger partial charge >= 0.3 is 5.97 Å². The second-order valence-corrected chi connectivity index (χ2v) is 4.44. The van der Waals surface area contributed by atoms with Crippen LogP contribution in [0.3, 0.4) is 0 Å². The van der Waals surface area contributed by atoms with Crippen molar-refractivity contribution in [3.63, 3.8) is 0 Å². The minimum absolute atomic E-state index is 0.142. The average molecular weight is 302 g/mol. The largest absolute Gasteiger partial charge is 0.469 e. The second-order valence-electron chi connectivity index (χ2n) is 3.62.